The maximum atomic E-state index is 13.4. The number of aromatic amines is 1. The van der Waals surface area contributed by atoms with Crippen LogP contribution >= 0.6 is 15.9 Å². The Morgan fingerprint density at radius 3 is 2.79 bits per heavy atom. The van der Waals surface area contributed by atoms with Gasteiger partial charge in [-0.1, -0.05) is 0 Å². The SMILES string of the molecule is Cc1nc(C(=O)Nc2c[nH]c3ncc(Br)c(N(C(=O)OC(C)(C)C)[C@@H]4CCCNC4)c23)co1. The van der Waals surface area contributed by atoms with Crippen LogP contribution in [0.2, 0.25) is 0 Å². The molecule has 0 aliphatic carbocycles. The lowest BCUT2D eigenvalue weighted by Gasteiger charge is -2.36. The monoisotopic (exact) mass is 518 g/mol. The molecule has 1 aliphatic heterocycles. The van der Waals surface area contributed by atoms with E-state index in [1.807, 2.05) is 20.8 Å². The van der Waals surface area contributed by atoms with Crippen molar-refractivity contribution in [3.63, 3.8) is 0 Å². The van der Waals surface area contributed by atoms with E-state index >= 15 is 0 Å². The predicted molar refractivity (Wildman–Crippen MR) is 128 cm³/mol. The third-order valence-corrected chi connectivity index (χ3v) is 5.78. The van der Waals surface area contributed by atoms with Gasteiger partial charge in [-0.15, -0.1) is 0 Å². The van der Waals surface area contributed by atoms with Crippen molar-refractivity contribution in [1.29, 1.82) is 0 Å². The fourth-order valence-corrected chi connectivity index (χ4v) is 4.32. The number of fused-ring (bicyclic) bond motifs is 1. The highest BCUT2D eigenvalue weighted by Gasteiger charge is 2.34. The third-order valence-electron chi connectivity index (χ3n) is 5.20. The number of nitrogens with zero attached hydrogens (tertiary/aromatic N) is 3. The van der Waals surface area contributed by atoms with Crippen molar-refractivity contribution < 1.29 is 18.7 Å². The summed E-state index contributed by atoms with van der Waals surface area (Å²) >= 11 is 3.58. The fraction of sp³-hybridized carbons (Fsp3) is 0.455. The maximum Gasteiger partial charge on any atom is 0.415 e. The summed E-state index contributed by atoms with van der Waals surface area (Å²) in [5.74, 6) is -0.0353. The van der Waals surface area contributed by atoms with Gasteiger partial charge in [0.2, 0.25) is 0 Å². The molecule has 0 spiro atoms. The van der Waals surface area contributed by atoms with Crippen LogP contribution in [0.3, 0.4) is 0 Å². The summed E-state index contributed by atoms with van der Waals surface area (Å²) in [5, 5.41) is 6.81. The summed E-state index contributed by atoms with van der Waals surface area (Å²) in [6.07, 6.45) is 5.86. The molecule has 0 radical (unpaired) electrons. The number of anilines is 2. The van der Waals surface area contributed by atoms with E-state index in [0.29, 0.717) is 39.3 Å². The molecule has 4 heterocycles. The van der Waals surface area contributed by atoms with Crippen molar-refractivity contribution in [2.24, 2.45) is 0 Å². The molecule has 1 saturated heterocycles. The van der Waals surface area contributed by atoms with Crippen molar-refractivity contribution >= 4 is 50.3 Å². The molecule has 2 amide bonds. The smallest absolute Gasteiger partial charge is 0.415 e. The van der Waals surface area contributed by atoms with E-state index < -0.39 is 17.6 Å². The Labute approximate surface area is 199 Å². The number of piperidine rings is 1. The van der Waals surface area contributed by atoms with Crippen LogP contribution in [-0.2, 0) is 4.74 Å². The maximum absolute atomic E-state index is 13.4. The molecule has 0 bridgehead atoms. The number of carbonyl (C=O) groups excluding carboxylic acids is 2. The van der Waals surface area contributed by atoms with Gasteiger partial charge in [-0.2, -0.15) is 0 Å². The van der Waals surface area contributed by atoms with Crippen LogP contribution in [0, 0.1) is 6.92 Å². The molecule has 11 heteroatoms. The Morgan fingerprint density at radius 2 is 2.15 bits per heavy atom. The first-order valence-corrected chi connectivity index (χ1v) is 11.6. The van der Waals surface area contributed by atoms with Gasteiger partial charge in [0.05, 0.1) is 27.3 Å². The van der Waals surface area contributed by atoms with Gasteiger partial charge in [0, 0.05) is 25.9 Å². The molecule has 0 aromatic carbocycles. The van der Waals surface area contributed by atoms with Crippen molar-refractivity contribution in [3.8, 4) is 0 Å². The largest absolute Gasteiger partial charge is 0.448 e. The van der Waals surface area contributed by atoms with E-state index in [2.05, 4.69) is 41.5 Å². The molecule has 3 aromatic heterocycles. The number of nitrogens with one attached hydrogen (secondary N) is 3. The molecule has 3 N–H and O–H groups in total. The fourth-order valence-electron chi connectivity index (χ4n) is 3.83. The number of hydrogen-bond acceptors (Lipinski definition) is 7. The lowest BCUT2D eigenvalue weighted by atomic mass is 10.0. The Morgan fingerprint density at radius 1 is 1.36 bits per heavy atom. The van der Waals surface area contributed by atoms with Gasteiger partial charge in [-0.25, -0.2) is 14.8 Å². The number of carbonyl (C=O) groups is 2. The minimum absolute atomic E-state index is 0.132. The zero-order chi connectivity index (χ0) is 23.8. The lowest BCUT2D eigenvalue weighted by molar-refractivity contribution is 0.0560. The molecule has 33 heavy (non-hydrogen) atoms. The van der Waals surface area contributed by atoms with Gasteiger partial charge < -0.3 is 24.8 Å². The molecule has 1 aliphatic rings. The van der Waals surface area contributed by atoms with Gasteiger partial charge in [-0.05, 0) is 56.1 Å². The van der Waals surface area contributed by atoms with Gasteiger partial charge in [0.15, 0.2) is 11.6 Å². The first-order valence-electron chi connectivity index (χ1n) is 10.8. The molecule has 10 nitrogen and oxygen atoms in total. The third kappa shape index (κ3) is 5.03. The minimum Gasteiger partial charge on any atom is -0.448 e. The molecular formula is C22H27BrN6O4. The van der Waals surface area contributed by atoms with Crippen LogP contribution < -0.4 is 15.5 Å². The van der Waals surface area contributed by atoms with Crippen molar-refractivity contribution in [2.75, 3.05) is 23.3 Å². The van der Waals surface area contributed by atoms with Crippen molar-refractivity contribution in [1.82, 2.24) is 20.3 Å². The summed E-state index contributed by atoms with van der Waals surface area (Å²) in [4.78, 5) is 39.5. The first-order chi connectivity index (χ1) is 15.6. The summed E-state index contributed by atoms with van der Waals surface area (Å²) in [7, 11) is 0. The van der Waals surface area contributed by atoms with Gasteiger partial charge in [0.1, 0.15) is 17.5 Å². The number of hydrogen-bond donors (Lipinski definition) is 3. The molecule has 1 fully saturated rings. The number of halogens is 1. The quantitative estimate of drug-likeness (QED) is 0.468. The van der Waals surface area contributed by atoms with Crippen molar-refractivity contribution in [2.45, 2.75) is 52.2 Å². The second-order valence-corrected chi connectivity index (χ2v) is 9.79. The van der Waals surface area contributed by atoms with Crippen LogP contribution in [0.4, 0.5) is 16.2 Å². The minimum atomic E-state index is -0.671. The standard InChI is InChI=1S/C22H27BrN6O4/c1-12-27-16(11-32-12)20(30)28-15-10-26-19-17(15)18(14(23)9-25-19)29(13-6-5-7-24-8-13)21(31)33-22(2,3)4/h9-11,13,24H,5-8H2,1-4H3,(H,25,26)(H,28,30)/t13-/m1/s1. The second kappa shape index (κ2) is 9.14. The van der Waals surface area contributed by atoms with Crippen LogP contribution in [0.15, 0.2) is 27.5 Å². The summed E-state index contributed by atoms with van der Waals surface area (Å²) in [5.41, 5.74) is 1.06. The predicted octanol–water partition coefficient (Wildman–Crippen LogP) is 4.37. The van der Waals surface area contributed by atoms with E-state index in [-0.39, 0.29) is 11.7 Å². The molecule has 0 saturated carbocycles. The van der Waals surface area contributed by atoms with Gasteiger partial charge in [-0.3, -0.25) is 9.69 Å². The van der Waals surface area contributed by atoms with Crippen LogP contribution in [0.5, 0.6) is 0 Å². The van der Waals surface area contributed by atoms with Crippen LogP contribution in [-0.4, -0.2) is 51.7 Å². The number of oxazole rings is 1. The highest BCUT2D eigenvalue weighted by Crippen LogP contribution is 2.40. The number of H-pyrrole nitrogens is 1. The Bertz CT molecular complexity index is 1180. The highest BCUT2D eigenvalue weighted by atomic mass is 79.9. The topological polar surface area (TPSA) is 125 Å². The van der Waals surface area contributed by atoms with Crippen molar-refractivity contribution in [3.05, 3.63) is 34.7 Å². The Hall–Kier alpha value is -2.92. The molecule has 1 atom stereocenters. The summed E-state index contributed by atoms with van der Waals surface area (Å²) < 4.78 is 11.5. The number of rotatable bonds is 4. The number of pyridine rings is 1. The molecule has 3 aromatic rings. The normalized spacial score (nSPS) is 16.6. The first kappa shape index (κ1) is 23.2. The van der Waals surface area contributed by atoms with Crippen LogP contribution in [0.25, 0.3) is 11.0 Å². The number of aromatic nitrogens is 3. The second-order valence-electron chi connectivity index (χ2n) is 8.94. The zero-order valence-electron chi connectivity index (χ0n) is 19.0. The molecule has 0 unspecified atom stereocenters. The number of amides is 2. The van der Waals surface area contributed by atoms with Crippen LogP contribution in [0.1, 0.15) is 50.0 Å². The number of aryl methyl sites for hydroxylation is 1. The average Bonchev–Trinajstić information content (AvgIpc) is 3.36. The molecule has 4 rings (SSSR count). The summed E-state index contributed by atoms with van der Waals surface area (Å²) in [6, 6.07) is -0.132. The van der Waals surface area contributed by atoms with Gasteiger partial charge >= 0.3 is 6.09 Å². The van der Waals surface area contributed by atoms with E-state index in [1.165, 1.54) is 6.26 Å². The van der Waals surface area contributed by atoms with E-state index in [1.54, 1.807) is 24.2 Å². The molecule has 176 valence electrons. The van der Waals surface area contributed by atoms with E-state index in [4.69, 9.17) is 9.15 Å². The Kier molecular flexibility index (Phi) is 6.44. The highest BCUT2D eigenvalue weighted by molar-refractivity contribution is 9.10. The molecular weight excluding hydrogens is 492 g/mol. The zero-order valence-corrected chi connectivity index (χ0v) is 20.6. The number of ether oxygens (including phenoxy) is 1. The van der Waals surface area contributed by atoms with E-state index in [0.717, 1.165) is 19.4 Å². The average molecular weight is 519 g/mol. The Balaban J connectivity index is 1.80. The van der Waals surface area contributed by atoms with Gasteiger partial charge in [0.25, 0.3) is 5.91 Å². The lowest BCUT2D eigenvalue weighted by Crippen LogP contribution is -2.50. The van der Waals surface area contributed by atoms with E-state index in [9.17, 15) is 9.59 Å². The summed E-state index contributed by atoms with van der Waals surface area (Å²) in [6.45, 7) is 8.69.